The van der Waals surface area contributed by atoms with Gasteiger partial charge in [-0.2, -0.15) is 4.98 Å². The minimum atomic E-state index is -0.0135. The summed E-state index contributed by atoms with van der Waals surface area (Å²) < 4.78 is 5.39. The fourth-order valence-corrected chi connectivity index (χ4v) is 3.09. The standard InChI is InChI=1S/C19H20N4O2/c24-13-14-5-4-6-15(11-14)18-21-19(25-22-18)16-7-8-17(20-12-16)23-9-2-1-3-10-23/h4-8,11-12,24H,1-3,9-10,13H2. The monoisotopic (exact) mass is 336 g/mol. The van der Waals surface area contributed by atoms with Crippen molar-refractivity contribution in [2.75, 3.05) is 18.0 Å². The molecule has 0 spiro atoms. The Hall–Kier alpha value is -2.73. The van der Waals surface area contributed by atoms with Gasteiger partial charge in [-0.05, 0) is 43.0 Å². The third kappa shape index (κ3) is 3.39. The number of aromatic nitrogens is 3. The number of anilines is 1. The first-order valence-electron chi connectivity index (χ1n) is 8.59. The second-order valence-corrected chi connectivity index (χ2v) is 6.23. The molecule has 0 radical (unpaired) electrons. The van der Waals surface area contributed by atoms with E-state index in [0.717, 1.165) is 35.6 Å². The number of pyridine rings is 1. The van der Waals surface area contributed by atoms with Crippen LogP contribution in [-0.2, 0) is 6.61 Å². The Kier molecular flexibility index (Phi) is 4.43. The molecule has 1 aliphatic heterocycles. The van der Waals surface area contributed by atoms with Crippen LogP contribution in [0.5, 0.6) is 0 Å². The van der Waals surface area contributed by atoms with E-state index in [4.69, 9.17) is 4.52 Å². The van der Waals surface area contributed by atoms with Crippen molar-refractivity contribution in [1.29, 1.82) is 0 Å². The van der Waals surface area contributed by atoms with Crippen LogP contribution >= 0.6 is 0 Å². The van der Waals surface area contributed by atoms with Crippen molar-refractivity contribution >= 4 is 5.82 Å². The van der Waals surface area contributed by atoms with E-state index in [2.05, 4.69) is 20.0 Å². The SMILES string of the molecule is OCc1cccc(-c2noc(-c3ccc(N4CCCCC4)nc3)n2)c1. The van der Waals surface area contributed by atoms with Crippen LogP contribution in [0.15, 0.2) is 47.1 Å². The van der Waals surface area contributed by atoms with Crippen molar-refractivity contribution in [3.63, 3.8) is 0 Å². The lowest BCUT2D eigenvalue weighted by molar-refractivity contribution is 0.282. The maximum Gasteiger partial charge on any atom is 0.259 e. The number of hydrogen-bond donors (Lipinski definition) is 1. The summed E-state index contributed by atoms with van der Waals surface area (Å²) in [7, 11) is 0. The van der Waals surface area contributed by atoms with Crippen LogP contribution in [0.1, 0.15) is 24.8 Å². The molecule has 1 fully saturated rings. The molecular weight excluding hydrogens is 316 g/mol. The second kappa shape index (κ2) is 7.03. The van der Waals surface area contributed by atoms with E-state index in [1.165, 1.54) is 19.3 Å². The first-order valence-corrected chi connectivity index (χ1v) is 8.59. The van der Waals surface area contributed by atoms with E-state index in [1.807, 2.05) is 36.4 Å². The van der Waals surface area contributed by atoms with Gasteiger partial charge in [0.05, 0.1) is 12.2 Å². The second-order valence-electron chi connectivity index (χ2n) is 6.23. The van der Waals surface area contributed by atoms with Crippen LogP contribution in [0.3, 0.4) is 0 Å². The average Bonchev–Trinajstić information content (AvgIpc) is 3.19. The van der Waals surface area contributed by atoms with Crippen LogP contribution < -0.4 is 4.90 Å². The summed E-state index contributed by atoms with van der Waals surface area (Å²) in [6.07, 6.45) is 5.54. The molecule has 1 saturated heterocycles. The van der Waals surface area contributed by atoms with Gasteiger partial charge < -0.3 is 14.5 Å². The fourth-order valence-electron chi connectivity index (χ4n) is 3.09. The number of rotatable bonds is 4. The molecule has 6 heteroatoms. The molecule has 0 bridgehead atoms. The zero-order chi connectivity index (χ0) is 17.1. The molecule has 128 valence electrons. The van der Waals surface area contributed by atoms with Gasteiger partial charge in [0.1, 0.15) is 5.82 Å². The molecule has 1 aromatic carbocycles. The van der Waals surface area contributed by atoms with Gasteiger partial charge in [-0.1, -0.05) is 23.4 Å². The van der Waals surface area contributed by atoms with Crippen LogP contribution in [-0.4, -0.2) is 33.3 Å². The molecule has 1 aliphatic rings. The molecule has 0 saturated carbocycles. The fraction of sp³-hybridized carbons (Fsp3) is 0.316. The molecule has 1 N–H and O–H groups in total. The number of nitrogens with zero attached hydrogens (tertiary/aromatic N) is 4. The van der Waals surface area contributed by atoms with Gasteiger partial charge in [0.2, 0.25) is 5.82 Å². The minimum Gasteiger partial charge on any atom is -0.392 e. The van der Waals surface area contributed by atoms with E-state index in [-0.39, 0.29) is 6.61 Å². The van der Waals surface area contributed by atoms with Crippen LogP contribution in [0.4, 0.5) is 5.82 Å². The third-order valence-corrected chi connectivity index (χ3v) is 4.47. The quantitative estimate of drug-likeness (QED) is 0.788. The third-order valence-electron chi connectivity index (χ3n) is 4.47. The highest BCUT2D eigenvalue weighted by molar-refractivity contribution is 5.60. The maximum atomic E-state index is 9.25. The molecular formula is C19H20N4O2. The van der Waals surface area contributed by atoms with Crippen LogP contribution in [0, 0.1) is 0 Å². The van der Waals surface area contributed by atoms with Crippen molar-refractivity contribution in [1.82, 2.24) is 15.1 Å². The normalized spacial score (nSPS) is 14.7. The van der Waals surface area contributed by atoms with E-state index < -0.39 is 0 Å². The zero-order valence-electron chi connectivity index (χ0n) is 13.9. The van der Waals surface area contributed by atoms with Crippen molar-refractivity contribution in [2.24, 2.45) is 0 Å². The molecule has 25 heavy (non-hydrogen) atoms. The summed E-state index contributed by atoms with van der Waals surface area (Å²) in [5, 5.41) is 13.3. The lowest BCUT2D eigenvalue weighted by atomic mass is 10.1. The topological polar surface area (TPSA) is 75.3 Å². The Morgan fingerprint density at radius 3 is 2.68 bits per heavy atom. The van der Waals surface area contributed by atoms with E-state index >= 15 is 0 Å². The van der Waals surface area contributed by atoms with E-state index in [0.29, 0.717) is 11.7 Å². The lowest BCUT2D eigenvalue weighted by Gasteiger charge is -2.27. The Labute approximate surface area is 146 Å². The van der Waals surface area contributed by atoms with Crippen LogP contribution in [0.2, 0.25) is 0 Å². The number of aliphatic hydroxyl groups is 1. The molecule has 0 amide bonds. The Morgan fingerprint density at radius 2 is 1.92 bits per heavy atom. The summed E-state index contributed by atoms with van der Waals surface area (Å²) >= 11 is 0. The van der Waals surface area contributed by atoms with Gasteiger partial charge in [0, 0.05) is 24.8 Å². The number of benzene rings is 1. The Balaban J connectivity index is 1.55. The highest BCUT2D eigenvalue weighted by Crippen LogP contribution is 2.24. The summed E-state index contributed by atoms with van der Waals surface area (Å²) in [6, 6.07) is 11.5. The molecule has 0 aliphatic carbocycles. The van der Waals surface area contributed by atoms with Crippen LogP contribution in [0.25, 0.3) is 22.8 Å². The van der Waals surface area contributed by atoms with Gasteiger partial charge in [-0.15, -0.1) is 0 Å². The number of aliphatic hydroxyl groups excluding tert-OH is 1. The molecule has 6 nitrogen and oxygen atoms in total. The Morgan fingerprint density at radius 1 is 1.04 bits per heavy atom. The first-order chi connectivity index (χ1) is 12.3. The molecule has 0 atom stereocenters. The maximum absolute atomic E-state index is 9.25. The summed E-state index contributed by atoms with van der Waals surface area (Å²) in [4.78, 5) is 11.3. The molecule has 4 rings (SSSR count). The predicted octanol–water partition coefficient (Wildman–Crippen LogP) is 3.28. The Bertz CT molecular complexity index is 839. The molecule has 2 aromatic heterocycles. The van der Waals surface area contributed by atoms with Gasteiger partial charge >= 0.3 is 0 Å². The summed E-state index contributed by atoms with van der Waals surface area (Å²) in [5.74, 6) is 1.95. The van der Waals surface area contributed by atoms with Gasteiger partial charge in [-0.3, -0.25) is 0 Å². The first kappa shape index (κ1) is 15.8. The predicted molar refractivity (Wildman–Crippen MR) is 95.0 cm³/mol. The smallest absolute Gasteiger partial charge is 0.259 e. The van der Waals surface area contributed by atoms with Crippen molar-refractivity contribution in [2.45, 2.75) is 25.9 Å². The summed E-state index contributed by atoms with van der Waals surface area (Å²) in [6.45, 7) is 2.12. The minimum absolute atomic E-state index is 0.0135. The van der Waals surface area contributed by atoms with Crippen molar-refractivity contribution < 1.29 is 9.63 Å². The van der Waals surface area contributed by atoms with E-state index in [9.17, 15) is 5.11 Å². The average molecular weight is 336 g/mol. The highest BCUT2D eigenvalue weighted by Gasteiger charge is 2.14. The zero-order valence-corrected chi connectivity index (χ0v) is 13.9. The lowest BCUT2D eigenvalue weighted by Crippen LogP contribution is -2.29. The largest absolute Gasteiger partial charge is 0.392 e. The van der Waals surface area contributed by atoms with Crippen molar-refractivity contribution in [3.05, 3.63) is 48.2 Å². The molecule has 0 unspecified atom stereocenters. The number of hydrogen-bond acceptors (Lipinski definition) is 6. The number of piperidine rings is 1. The van der Waals surface area contributed by atoms with Gasteiger partial charge in [-0.25, -0.2) is 4.98 Å². The van der Waals surface area contributed by atoms with Gasteiger partial charge in [0.25, 0.3) is 5.89 Å². The van der Waals surface area contributed by atoms with Gasteiger partial charge in [0.15, 0.2) is 0 Å². The summed E-state index contributed by atoms with van der Waals surface area (Å²) in [5.41, 5.74) is 2.44. The van der Waals surface area contributed by atoms with Crippen molar-refractivity contribution in [3.8, 4) is 22.8 Å². The molecule has 3 heterocycles. The molecule has 3 aromatic rings. The van der Waals surface area contributed by atoms with E-state index in [1.54, 1.807) is 6.20 Å². The highest BCUT2D eigenvalue weighted by atomic mass is 16.5.